The number of nitro groups is 1. The third-order valence-corrected chi connectivity index (χ3v) is 6.59. The summed E-state index contributed by atoms with van der Waals surface area (Å²) in [6, 6.07) is 8.66. The van der Waals surface area contributed by atoms with Gasteiger partial charge >= 0.3 is 5.69 Å². The summed E-state index contributed by atoms with van der Waals surface area (Å²) in [5.74, 6) is -0.443. The van der Waals surface area contributed by atoms with Crippen molar-refractivity contribution in [3.8, 4) is 11.5 Å². The van der Waals surface area contributed by atoms with Crippen molar-refractivity contribution in [2.45, 2.75) is 32.6 Å². The molecule has 32 heavy (non-hydrogen) atoms. The number of ether oxygens (including phenoxy) is 2. The Hall–Kier alpha value is -3.18. The molecule has 0 bridgehead atoms. The Balaban J connectivity index is 2.24. The number of carbonyl (C=O) groups is 1. The van der Waals surface area contributed by atoms with Crippen molar-refractivity contribution in [2.24, 2.45) is 0 Å². The van der Waals surface area contributed by atoms with E-state index >= 15 is 0 Å². The van der Waals surface area contributed by atoms with Gasteiger partial charge in [-0.15, -0.1) is 0 Å². The molecule has 0 unspecified atom stereocenters. The molecule has 0 spiro atoms. The number of nitrogens with zero attached hydrogens (tertiary/aromatic N) is 2. The molecule has 0 atom stereocenters. The number of nitro benzene ring substituents is 1. The fourth-order valence-corrected chi connectivity index (χ4v) is 4.61. The molecule has 0 aliphatic carbocycles. The summed E-state index contributed by atoms with van der Waals surface area (Å²) < 4.78 is 38.1. The van der Waals surface area contributed by atoms with Crippen molar-refractivity contribution in [3.63, 3.8) is 0 Å². The van der Waals surface area contributed by atoms with E-state index in [1.165, 1.54) is 34.6 Å². The molecular weight excluding hydrogens is 438 g/mol. The third kappa shape index (κ3) is 5.95. The van der Waals surface area contributed by atoms with Gasteiger partial charge in [0.2, 0.25) is 10.0 Å². The number of nitrogens with one attached hydrogen (secondary N) is 1. The normalized spacial score (nSPS) is 11.3. The van der Waals surface area contributed by atoms with Gasteiger partial charge in [0.25, 0.3) is 5.91 Å². The van der Waals surface area contributed by atoms with E-state index in [-0.39, 0.29) is 47.5 Å². The van der Waals surface area contributed by atoms with Gasteiger partial charge in [0.1, 0.15) is 10.6 Å². The van der Waals surface area contributed by atoms with Gasteiger partial charge in [0.15, 0.2) is 12.4 Å². The number of carbonyl (C=O) groups excluding carboxylic acids is 1. The first-order valence-electron chi connectivity index (χ1n) is 10.1. The lowest BCUT2D eigenvalue weighted by atomic mass is 10.2. The molecule has 1 N–H and O–H groups in total. The minimum atomic E-state index is -3.84. The summed E-state index contributed by atoms with van der Waals surface area (Å²) in [5.41, 5.74) is 0.715. The summed E-state index contributed by atoms with van der Waals surface area (Å²) in [5, 5.41) is 13.7. The van der Waals surface area contributed by atoms with E-state index in [1.807, 2.05) is 0 Å². The molecule has 0 saturated heterocycles. The van der Waals surface area contributed by atoms with Crippen LogP contribution in [-0.4, -0.2) is 49.9 Å². The lowest BCUT2D eigenvalue weighted by Crippen LogP contribution is -2.31. The number of benzene rings is 2. The maximum absolute atomic E-state index is 13.0. The maximum atomic E-state index is 13.0. The molecular formula is C21H27N3O7S. The van der Waals surface area contributed by atoms with Crippen LogP contribution in [0.5, 0.6) is 11.5 Å². The zero-order valence-corrected chi connectivity index (χ0v) is 19.3. The van der Waals surface area contributed by atoms with Crippen LogP contribution in [0.2, 0.25) is 0 Å². The second kappa shape index (κ2) is 10.9. The minimum absolute atomic E-state index is 0.0263. The van der Waals surface area contributed by atoms with Gasteiger partial charge in [-0.25, -0.2) is 8.42 Å². The minimum Gasteiger partial charge on any atom is -0.492 e. The summed E-state index contributed by atoms with van der Waals surface area (Å²) in [7, 11) is -3.84. The highest BCUT2D eigenvalue weighted by molar-refractivity contribution is 7.89. The number of sulfonamides is 1. The largest absolute Gasteiger partial charge is 0.492 e. The number of hydrogen-bond acceptors (Lipinski definition) is 7. The fourth-order valence-electron chi connectivity index (χ4n) is 2.99. The Bertz CT molecular complexity index is 1080. The average molecular weight is 466 g/mol. The molecule has 0 saturated carbocycles. The third-order valence-electron chi connectivity index (χ3n) is 4.52. The predicted molar refractivity (Wildman–Crippen MR) is 120 cm³/mol. The number of aryl methyl sites for hydroxylation is 1. The Labute approximate surface area is 187 Å². The molecule has 0 heterocycles. The molecule has 0 fully saturated rings. The van der Waals surface area contributed by atoms with Crippen LogP contribution in [-0.2, 0) is 14.8 Å². The van der Waals surface area contributed by atoms with E-state index in [1.54, 1.807) is 33.8 Å². The monoisotopic (exact) mass is 465 g/mol. The molecule has 2 aromatic carbocycles. The quantitative estimate of drug-likeness (QED) is 0.398. The highest BCUT2D eigenvalue weighted by Crippen LogP contribution is 2.30. The van der Waals surface area contributed by atoms with Crippen LogP contribution in [0.1, 0.15) is 26.3 Å². The number of rotatable bonds is 11. The second-order valence-electron chi connectivity index (χ2n) is 6.75. The lowest BCUT2D eigenvalue weighted by molar-refractivity contribution is -0.385. The molecule has 11 heteroatoms. The van der Waals surface area contributed by atoms with Crippen LogP contribution in [0.3, 0.4) is 0 Å². The molecule has 0 radical (unpaired) electrons. The van der Waals surface area contributed by atoms with Crippen molar-refractivity contribution in [1.29, 1.82) is 0 Å². The summed E-state index contributed by atoms with van der Waals surface area (Å²) >= 11 is 0. The smallest absolute Gasteiger partial charge is 0.310 e. The van der Waals surface area contributed by atoms with Crippen LogP contribution < -0.4 is 14.8 Å². The molecule has 0 aliphatic heterocycles. The summed E-state index contributed by atoms with van der Waals surface area (Å²) in [6.07, 6.45) is 0. The Morgan fingerprint density at radius 3 is 2.34 bits per heavy atom. The van der Waals surface area contributed by atoms with E-state index in [4.69, 9.17) is 9.47 Å². The van der Waals surface area contributed by atoms with Crippen molar-refractivity contribution in [3.05, 3.63) is 52.1 Å². The van der Waals surface area contributed by atoms with Crippen molar-refractivity contribution in [1.82, 2.24) is 4.31 Å². The Morgan fingerprint density at radius 2 is 1.75 bits per heavy atom. The highest BCUT2D eigenvalue weighted by Gasteiger charge is 2.26. The summed E-state index contributed by atoms with van der Waals surface area (Å²) in [4.78, 5) is 22.9. The fraction of sp³-hybridized carbons (Fsp3) is 0.381. The predicted octanol–water partition coefficient (Wildman–Crippen LogP) is 3.35. The standard InChI is InChI=1S/C21H27N3O7S/c1-5-23(6-2)32(28,29)20-13-16(9-11-18(20)30-7-3)22-21(25)14-31-19-12-15(4)8-10-17(19)24(26)27/h8-13H,5-7,14H2,1-4H3,(H,22,25). The van der Waals surface area contributed by atoms with Gasteiger partial charge in [-0.2, -0.15) is 4.31 Å². The molecule has 174 valence electrons. The molecule has 2 rings (SSSR count). The van der Waals surface area contributed by atoms with Crippen LogP contribution in [0.15, 0.2) is 41.3 Å². The Kier molecular flexibility index (Phi) is 8.56. The summed E-state index contributed by atoms with van der Waals surface area (Å²) in [6.45, 7) is 7.29. The first-order valence-corrected chi connectivity index (χ1v) is 11.5. The van der Waals surface area contributed by atoms with E-state index in [2.05, 4.69) is 5.32 Å². The number of anilines is 1. The Morgan fingerprint density at radius 1 is 1.06 bits per heavy atom. The topological polar surface area (TPSA) is 128 Å². The zero-order chi connectivity index (χ0) is 23.9. The number of amides is 1. The first kappa shape index (κ1) is 25.1. The van der Waals surface area contributed by atoms with Gasteiger partial charge < -0.3 is 14.8 Å². The van der Waals surface area contributed by atoms with Gasteiger partial charge in [0.05, 0.1) is 11.5 Å². The van der Waals surface area contributed by atoms with Crippen molar-refractivity contribution in [2.75, 3.05) is 31.6 Å². The van der Waals surface area contributed by atoms with E-state index < -0.39 is 27.5 Å². The zero-order valence-electron chi connectivity index (χ0n) is 18.5. The SMILES string of the molecule is CCOc1ccc(NC(=O)COc2cc(C)ccc2[N+](=O)[O-])cc1S(=O)(=O)N(CC)CC. The molecule has 0 aromatic heterocycles. The average Bonchev–Trinajstić information content (AvgIpc) is 2.74. The second-order valence-corrected chi connectivity index (χ2v) is 8.66. The van der Waals surface area contributed by atoms with Crippen LogP contribution >= 0.6 is 0 Å². The number of hydrogen-bond donors (Lipinski definition) is 1. The van der Waals surface area contributed by atoms with E-state index in [9.17, 15) is 23.3 Å². The molecule has 0 aliphatic rings. The maximum Gasteiger partial charge on any atom is 0.310 e. The van der Waals surface area contributed by atoms with Gasteiger partial charge in [-0.05, 0) is 43.7 Å². The van der Waals surface area contributed by atoms with Crippen molar-refractivity contribution < 1.29 is 27.6 Å². The molecule has 2 aromatic rings. The highest BCUT2D eigenvalue weighted by atomic mass is 32.2. The van der Waals surface area contributed by atoms with Gasteiger partial charge in [0, 0.05) is 24.8 Å². The van der Waals surface area contributed by atoms with E-state index in [0.29, 0.717) is 0 Å². The van der Waals surface area contributed by atoms with Crippen LogP contribution in [0, 0.1) is 17.0 Å². The van der Waals surface area contributed by atoms with Gasteiger partial charge in [-0.3, -0.25) is 14.9 Å². The van der Waals surface area contributed by atoms with E-state index in [0.717, 1.165) is 5.56 Å². The van der Waals surface area contributed by atoms with Gasteiger partial charge in [-0.1, -0.05) is 19.9 Å². The molecule has 1 amide bonds. The van der Waals surface area contributed by atoms with Crippen LogP contribution in [0.4, 0.5) is 11.4 Å². The lowest BCUT2D eigenvalue weighted by Gasteiger charge is -2.21. The van der Waals surface area contributed by atoms with Crippen molar-refractivity contribution >= 4 is 27.3 Å². The van der Waals surface area contributed by atoms with Crippen LogP contribution in [0.25, 0.3) is 0 Å². The first-order chi connectivity index (χ1) is 15.1. The molecule has 10 nitrogen and oxygen atoms in total.